The normalized spacial score (nSPS) is 11.2. The standard InChI is InChI=1S/C16H18F2N2O3/c1-10-4-3-5-11-14(10)19-8-12(15(11)21)16(22)20(6-7-23-2)9-13(17)18/h3-5,8,13H,6-7,9H2,1-2H3,(H,19,21). The Kier molecular flexibility index (Phi) is 5.44. The average Bonchev–Trinajstić information content (AvgIpc) is 2.51. The van der Waals surface area contributed by atoms with Gasteiger partial charge in [-0.1, -0.05) is 12.1 Å². The number of rotatable bonds is 6. The maximum absolute atomic E-state index is 12.7. The van der Waals surface area contributed by atoms with Gasteiger partial charge < -0.3 is 14.6 Å². The summed E-state index contributed by atoms with van der Waals surface area (Å²) in [5.41, 5.74) is 0.873. The second kappa shape index (κ2) is 7.32. The maximum atomic E-state index is 12.7. The van der Waals surface area contributed by atoms with E-state index in [-0.39, 0.29) is 18.7 Å². The molecule has 0 fully saturated rings. The maximum Gasteiger partial charge on any atom is 0.259 e. The fourth-order valence-electron chi connectivity index (χ4n) is 2.38. The quantitative estimate of drug-likeness (QED) is 0.886. The van der Waals surface area contributed by atoms with Gasteiger partial charge in [-0.3, -0.25) is 9.59 Å². The molecule has 0 saturated heterocycles. The fourth-order valence-corrected chi connectivity index (χ4v) is 2.38. The Balaban J connectivity index is 2.42. The number of aromatic amines is 1. The zero-order valence-corrected chi connectivity index (χ0v) is 12.9. The van der Waals surface area contributed by atoms with Crippen LogP contribution in [0.2, 0.25) is 0 Å². The number of nitrogens with one attached hydrogen (secondary N) is 1. The van der Waals surface area contributed by atoms with Crippen LogP contribution in [-0.4, -0.2) is 49.0 Å². The molecule has 0 aliphatic rings. The summed E-state index contributed by atoms with van der Waals surface area (Å²) in [6.07, 6.45) is -1.40. The molecular formula is C16H18F2N2O3. The van der Waals surface area contributed by atoms with E-state index in [2.05, 4.69) is 4.98 Å². The molecule has 0 bridgehead atoms. The highest BCUT2D eigenvalue weighted by Gasteiger charge is 2.22. The van der Waals surface area contributed by atoms with Gasteiger partial charge in [0.15, 0.2) is 0 Å². The molecule has 0 saturated carbocycles. The number of ether oxygens (including phenoxy) is 1. The molecule has 2 aromatic rings. The lowest BCUT2D eigenvalue weighted by atomic mass is 10.1. The topological polar surface area (TPSA) is 62.4 Å². The number of nitrogens with zero attached hydrogens (tertiary/aromatic N) is 1. The molecular weight excluding hydrogens is 306 g/mol. The number of pyridine rings is 1. The van der Waals surface area contributed by atoms with Crippen LogP contribution in [0.15, 0.2) is 29.2 Å². The van der Waals surface area contributed by atoms with Gasteiger partial charge >= 0.3 is 0 Å². The first-order valence-corrected chi connectivity index (χ1v) is 7.13. The van der Waals surface area contributed by atoms with Crippen molar-refractivity contribution in [1.82, 2.24) is 9.88 Å². The lowest BCUT2D eigenvalue weighted by Crippen LogP contribution is -2.39. The Bertz CT molecular complexity index is 759. The number of carbonyl (C=O) groups is 1. The molecule has 7 heteroatoms. The fraction of sp³-hybridized carbons (Fsp3) is 0.375. The van der Waals surface area contributed by atoms with Gasteiger partial charge in [-0.2, -0.15) is 0 Å². The number of aromatic nitrogens is 1. The number of aryl methyl sites for hydroxylation is 1. The molecule has 1 aromatic carbocycles. The zero-order valence-electron chi connectivity index (χ0n) is 12.9. The van der Waals surface area contributed by atoms with Crippen molar-refractivity contribution >= 4 is 16.8 Å². The number of para-hydroxylation sites is 1. The van der Waals surface area contributed by atoms with Crippen molar-refractivity contribution in [3.8, 4) is 0 Å². The summed E-state index contributed by atoms with van der Waals surface area (Å²) in [5, 5.41) is 0.361. The van der Waals surface area contributed by atoms with Crippen molar-refractivity contribution in [1.29, 1.82) is 0 Å². The lowest BCUT2D eigenvalue weighted by molar-refractivity contribution is 0.0477. The number of methoxy groups -OCH3 is 1. The van der Waals surface area contributed by atoms with Gasteiger partial charge in [0.2, 0.25) is 5.43 Å². The van der Waals surface area contributed by atoms with Crippen molar-refractivity contribution < 1.29 is 18.3 Å². The number of halogens is 2. The Morgan fingerprint density at radius 1 is 1.39 bits per heavy atom. The molecule has 0 aliphatic carbocycles. The van der Waals surface area contributed by atoms with Gasteiger partial charge in [-0.15, -0.1) is 0 Å². The molecule has 23 heavy (non-hydrogen) atoms. The van der Waals surface area contributed by atoms with E-state index in [1.165, 1.54) is 13.3 Å². The predicted molar refractivity (Wildman–Crippen MR) is 83.1 cm³/mol. The minimum Gasteiger partial charge on any atom is -0.383 e. The summed E-state index contributed by atoms with van der Waals surface area (Å²) in [6, 6.07) is 5.15. The molecule has 0 spiro atoms. The van der Waals surface area contributed by atoms with Gasteiger partial charge in [-0.05, 0) is 18.6 Å². The smallest absolute Gasteiger partial charge is 0.259 e. The number of hydrogen-bond acceptors (Lipinski definition) is 3. The molecule has 1 aromatic heterocycles. The van der Waals surface area contributed by atoms with E-state index in [4.69, 9.17) is 4.74 Å². The van der Waals surface area contributed by atoms with Gasteiger partial charge in [0.1, 0.15) is 5.56 Å². The molecule has 0 atom stereocenters. The second-order valence-corrected chi connectivity index (χ2v) is 5.16. The van der Waals surface area contributed by atoms with E-state index >= 15 is 0 Å². The minimum atomic E-state index is -2.68. The van der Waals surface area contributed by atoms with Crippen LogP contribution in [-0.2, 0) is 4.74 Å². The van der Waals surface area contributed by atoms with Crippen molar-refractivity contribution in [3.63, 3.8) is 0 Å². The minimum absolute atomic E-state index is 0.00896. The third kappa shape index (κ3) is 3.73. The zero-order chi connectivity index (χ0) is 17.0. The number of benzene rings is 1. The molecule has 5 nitrogen and oxygen atoms in total. The van der Waals surface area contributed by atoms with E-state index in [1.54, 1.807) is 12.1 Å². The number of carbonyl (C=O) groups excluding carboxylic acids is 1. The number of amides is 1. The molecule has 0 unspecified atom stereocenters. The summed E-state index contributed by atoms with van der Waals surface area (Å²) in [4.78, 5) is 28.8. The first kappa shape index (κ1) is 17.1. The Morgan fingerprint density at radius 2 is 2.13 bits per heavy atom. The van der Waals surface area contributed by atoms with Crippen LogP contribution in [0.3, 0.4) is 0 Å². The lowest BCUT2D eigenvalue weighted by Gasteiger charge is -2.21. The molecule has 0 aliphatic heterocycles. The van der Waals surface area contributed by atoms with E-state index in [0.29, 0.717) is 10.9 Å². The molecule has 0 radical (unpaired) electrons. The largest absolute Gasteiger partial charge is 0.383 e. The molecule has 1 heterocycles. The van der Waals surface area contributed by atoms with E-state index in [9.17, 15) is 18.4 Å². The summed E-state index contributed by atoms with van der Waals surface area (Å²) >= 11 is 0. The van der Waals surface area contributed by atoms with Crippen molar-refractivity contribution in [2.45, 2.75) is 13.3 Å². The highest BCUT2D eigenvalue weighted by Crippen LogP contribution is 2.14. The third-order valence-electron chi connectivity index (χ3n) is 3.56. The van der Waals surface area contributed by atoms with Crippen molar-refractivity contribution in [3.05, 3.63) is 45.7 Å². The first-order chi connectivity index (χ1) is 11.0. The average molecular weight is 324 g/mol. The monoisotopic (exact) mass is 324 g/mol. The van der Waals surface area contributed by atoms with Gasteiger partial charge in [0, 0.05) is 25.2 Å². The van der Waals surface area contributed by atoms with Crippen LogP contribution in [0.5, 0.6) is 0 Å². The van der Waals surface area contributed by atoms with E-state index < -0.39 is 24.3 Å². The highest BCUT2D eigenvalue weighted by molar-refractivity contribution is 5.97. The molecule has 1 amide bonds. The van der Waals surface area contributed by atoms with Crippen LogP contribution in [0.4, 0.5) is 8.78 Å². The first-order valence-electron chi connectivity index (χ1n) is 7.13. The molecule has 124 valence electrons. The SMILES string of the molecule is COCCN(CC(F)F)C(=O)c1c[nH]c2c(C)cccc2c1=O. The highest BCUT2D eigenvalue weighted by atomic mass is 19.3. The van der Waals surface area contributed by atoms with Gasteiger partial charge in [0.25, 0.3) is 12.3 Å². The summed E-state index contributed by atoms with van der Waals surface area (Å²) in [7, 11) is 1.41. The number of fused-ring (bicyclic) bond motifs is 1. The van der Waals surface area contributed by atoms with Gasteiger partial charge in [-0.25, -0.2) is 8.78 Å². The second-order valence-electron chi connectivity index (χ2n) is 5.16. The van der Waals surface area contributed by atoms with Gasteiger partial charge in [0.05, 0.1) is 18.7 Å². The Labute approximate surface area is 131 Å². The van der Waals surface area contributed by atoms with E-state index in [0.717, 1.165) is 10.5 Å². The number of H-pyrrole nitrogens is 1. The van der Waals surface area contributed by atoms with Crippen LogP contribution >= 0.6 is 0 Å². The van der Waals surface area contributed by atoms with Crippen molar-refractivity contribution in [2.24, 2.45) is 0 Å². The number of hydrogen-bond donors (Lipinski definition) is 1. The molecule has 1 N–H and O–H groups in total. The summed E-state index contributed by atoms with van der Waals surface area (Å²) < 4.78 is 30.2. The third-order valence-corrected chi connectivity index (χ3v) is 3.56. The van der Waals surface area contributed by atoms with Crippen LogP contribution < -0.4 is 5.43 Å². The Hall–Kier alpha value is -2.28. The predicted octanol–water partition coefficient (Wildman–Crippen LogP) is 2.19. The van der Waals surface area contributed by atoms with Crippen LogP contribution in [0.1, 0.15) is 15.9 Å². The summed E-state index contributed by atoms with van der Waals surface area (Å²) in [6.45, 7) is 1.20. The van der Waals surface area contributed by atoms with E-state index in [1.807, 2.05) is 13.0 Å². The number of alkyl halides is 2. The van der Waals surface area contributed by atoms with Crippen LogP contribution in [0.25, 0.3) is 10.9 Å². The molecule has 2 rings (SSSR count). The van der Waals surface area contributed by atoms with Crippen LogP contribution in [0, 0.1) is 6.92 Å². The van der Waals surface area contributed by atoms with Crippen molar-refractivity contribution in [2.75, 3.05) is 26.8 Å². The Morgan fingerprint density at radius 3 is 2.78 bits per heavy atom. The summed E-state index contributed by atoms with van der Waals surface area (Å²) in [5.74, 6) is -0.730.